The Labute approximate surface area is 105 Å². The van der Waals surface area contributed by atoms with Gasteiger partial charge in [-0.05, 0) is 19.0 Å². The monoisotopic (exact) mass is 249 g/mol. The van der Waals surface area contributed by atoms with Crippen molar-refractivity contribution in [3.8, 4) is 6.07 Å². The second-order valence-electron chi connectivity index (χ2n) is 3.86. The van der Waals surface area contributed by atoms with E-state index in [4.69, 9.17) is 10.00 Å². The van der Waals surface area contributed by atoms with E-state index in [0.29, 0.717) is 18.6 Å². The number of hydrogen-bond donors (Lipinski definition) is 1. The number of nitro benzene ring substituents is 1. The van der Waals surface area contributed by atoms with Crippen molar-refractivity contribution in [3.05, 3.63) is 39.4 Å². The number of hydrogen-bond acceptors (Lipinski definition) is 5. The van der Waals surface area contributed by atoms with Crippen LogP contribution in [0.4, 0.5) is 5.69 Å². The molecule has 0 amide bonds. The van der Waals surface area contributed by atoms with E-state index in [1.165, 1.54) is 12.1 Å². The highest BCUT2D eigenvalue weighted by Gasteiger charge is 2.14. The minimum atomic E-state index is -0.505. The predicted molar refractivity (Wildman–Crippen MR) is 66.2 cm³/mol. The molecule has 0 heterocycles. The van der Waals surface area contributed by atoms with E-state index in [9.17, 15) is 10.1 Å². The number of non-ortho nitro benzene ring substituents is 1. The maximum Gasteiger partial charge on any atom is 0.270 e. The summed E-state index contributed by atoms with van der Waals surface area (Å²) in [6.07, 6.45) is 0.589. The van der Waals surface area contributed by atoms with Gasteiger partial charge in [0.25, 0.3) is 5.69 Å². The van der Waals surface area contributed by atoms with Crippen LogP contribution in [0.25, 0.3) is 0 Å². The molecular formula is C12H15N3O3. The molecule has 0 saturated heterocycles. The minimum Gasteiger partial charge on any atom is -0.383 e. The van der Waals surface area contributed by atoms with E-state index in [1.54, 1.807) is 20.2 Å². The van der Waals surface area contributed by atoms with Gasteiger partial charge in [-0.3, -0.25) is 10.1 Å². The molecule has 0 saturated carbocycles. The third kappa shape index (κ3) is 3.52. The molecule has 0 radical (unpaired) electrons. The van der Waals surface area contributed by atoms with Crippen molar-refractivity contribution in [1.82, 2.24) is 5.32 Å². The van der Waals surface area contributed by atoms with Crippen LogP contribution >= 0.6 is 0 Å². The first-order chi connectivity index (χ1) is 8.62. The quantitative estimate of drug-likeness (QED) is 0.605. The van der Waals surface area contributed by atoms with Gasteiger partial charge in [-0.25, -0.2) is 0 Å². The molecule has 0 spiro atoms. The van der Waals surface area contributed by atoms with Crippen molar-refractivity contribution in [3.63, 3.8) is 0 Å². The molecule has 6 heteroatoms. The number of likely N-dealkylation sites (N-methyl/N-ethyl adjacent to an activating group) is 1. The maximum absolute atomic E-state index is 10.6. The van der Waals surface area contributed by atoms with Crippen LogP contribution in [0.5, 0.6) is 0 Å². The van der Waals surface area contributed by atoms with E-state index in [2.05, 4.69) is 5.32 Å². The molecule has 0 aromatic heterocycles. The van der Waals surface area contributed by atoms with Crippen LogP contribution < -0.4 is 5.32 Å². The van der Waals surface area contributed by atoms with Crippen molar-refractivity contribution >= 4 is 5.69 Å². The van der Waals surface area contributed by atoms with Gasteiger partial charge in [0.1, 0.15) is 0 Å². The van der Waals surface area contributed by atoms with Crippen LogP contribution in [-0.4, -0.2) is 31.7 Å². The van der Waals surface area contributed by atoms with Crippen molar-refractivity contribution < 1.29 is 9.66 Å². The molecule has 1 aromatic carbocycles. The summed E-state index contributed by atoms with van der Waals surface area (Å²) in [5.74, 6) is 0. The molecule has 18 heavy (non-hydrogen) atoms. The van der Waals surface area contributed by atoms with Crippen molar-refractivity contribution in [2.24, 2.45) is 0 Å². The topological polar surface area (TPSA) is 88.2 Å². The molecule has 0 aliphatic heterocycles. The summed E-state index contributed by atoms with van der Waals surface area (Å²) < 4.78 is 5.05. The summed E-state index contributed by atoms with van der Waals surface area (Å²) in [6.45, 7) is 0.512. The number of nitrogens with zero attached hydrogens (tertiary/aromatic N) is 2. The Morgan fingerprint density at radius 1 is 1.61 bits per heavy atom. The second-order valence-corrected chi connectivity index (χ2v) is 3.86. The lowest BCUT2D eigenvalue weighted by Gasteiger charge is -2.15. The molecule has 0 aliphatic carbocycles. The van der Waals surface area contributed by atoms with E-state index >= 15 is 0 Å². The average Bonchev–Trinajstić information content (AvgIpc) is 2.38. The molecule has 0 aliphatic rings. The molecule has 1 unspecified atom stereocenters. The number of nitriles is 1. The number of benzene rings is 1. The summed E-state index contributed by atoms with van der Waals surface area (Å²) in [5.41, 5.74) is 1.04. The average molecular weight is 249 g/mol. The zero-order chi connectivity index (χ0) is 13.5. The molecule has 1 N–H and O–H groups in total. The zero-order valence-corrected chi connectivity index (χ0v) is 10.3. The maximum atomic E-state index is 10.6. The fraction of sp³-hybridized carbons (Fsp3) is 0.417. The number of ether oxygens (including phenoxy) is 1. The fourth-order valence-corrected chi connectivity index (χ4v) is 1.67. The van der Waals surface area contributed by atoms with Gasteiger partial charge in [0.2, 0.25) is 0 Å². The molecule has 1 aromatic rings. The van der Waals surface area contributed by atoms with E-state index in [-0.39, 0.29) is 11.7 Å². The van der Waals surface area contributed by atoms with Crippen molar-refractivity contribution in [1.29, 1.82) is 5.26 Å². The number of nitro groups is 1. The normalized spacial score (nSPS) is 11.8. The third-order valence-electron chi connectivity index (χ3n) is 2.67. The molecular weight excluding hydrogens is 234 g/mol. The summed E-state index contributed by atoms with van der Waals surface area (Å²) in [5, 5.41) is 22.7. The largest absolute Gasteiger partial charge is 0.383 e. The smallest absolute Gasteiger partial charge is 0.270 e. The van der Waals surface area contributed by atoms with E-state index in [1.807, 2.05) is 6.07 Å². The highest BCUT2D eigenvalue weighted by atomic mass is 16.6. The van der Waals surface area contributed by atoms with Crippen molar-refractivity contribution in [2.75, 3.05) is 20.8 Å². The summed E-state index contributed by atoms with van der Waals surface area (Å²) in [7, 11) is 3.41. The van der Waals surface area contributed by atoms with Crippen molar-refractivity contribution in [2.45, 2.75) is 12.5 Å². The Morgan fingerprint density at radius 3 is 2.83 bits per heavy atom. The van der Waals surface area contributed by atoms with Gasteiger partial charge in [-0.15, -0.1) is 0 Å². The first-order valence-corrected chi connectivity index (χ1v) is 5.46. The fourth-order valence-electron chi connectivity index (χ4n) is 1.67. The number of methoxy groups -OCH3 is 1. The lowest BCUT2D eigenvalue weighted by Crippen LogP contribution is -2.32. The van der Waals surface area contributed by atoms with Gasteiger partial charge < -0.3 is 10.1 Å². The number of nitrogens with one attached hydrogen (secondary N) is 1. The van der Waals surface area contributed by atoms with Gasteiger partial charge in [0, 0.05) is 25.3 Å². The van der Waals surface area contributed by atoms with Crippen LogP contribution in [0.15, 0.2) is 18.2 Å². The molecule has 1 rings (SSSR count). The SMILES string of the molecule is CNC(COC)Cc1ccc([N+](=O)[O-])cc1C#N. The summed E-state index contributed by atoms with van der Waals surface area (Å²) >= 11 is 0. The Balaban J connectivity index is 2.96. The molecule has 96 valence electrons. The molecule has 0 fully saturated rings. The Kier molecular flexibility index (Phi) is 5.24. The highest BCUT2D eigenvalue weighted by molar-refractivity contribution is 5.46. The molecule has 0 bridgehead atoms. The van der Waals surface area contributed by atoms with Gasteiger partial charge in [0.05, 0.1) is 23.2 Å². The molecule has 1 atom stereocenters. The van der Waals surface area contributed by atoms with Crippen LogP contribution in [-0.2, 0) is 11.2 Å². The van der Waals surface area contributed by atoms with Gasteiger partial charge in [-0.2, -0.15) is 5.26 Å². The summed E-state index contributed by atoms with van der Waals surface area (Å²) in [4.78, 5) is 10.1. The predicted octanol–water partition coefficient (Wildman–Crippen LogP) is 1.24. The molecule has 6 nitrogen and oxygen atoms in total. The van der Waals surface area contributed by atoms with E-state index in [0.717, 1.165) is 5.56 Å². The van der Waals surface area contributed by atoms with Gasteiger partial charge in [-0.1, -0.05) is 6.07 Å². The lowest BCUT2D eigenvalue weighted by atomic mass is 10.0. The minimum absolute atomic E-state index is 0.0666. The van der Waals surface area contributed by atoms with E-state index < -0.39 is 4.92 Å². The first kappa shape index (κ1) is 14.1. The van der Waals surface area contributed by atoms with Crippen LogP contribution in [0.3, 0.4) is 0 Å². The van der Waals surface area contributed by atoms with Gasteiger partial charge >= 0.3 is 0 Å². The van der Waals surface area contributed by atoms with Crippen LogP contribution in [0, 0.1) is 21.4 Å². The third-order valence-corrected chi connectivity index (χ3v) is 2.67. The summed E-state index contributed by atoms with van der Waals surface area (Å²) in [6, 6.07) is 6.40. The lowest BCUT2D eigenvalue weighted by molar-refractivity contribution is -0.384. The van der Waals surface area contributed by atoms with Gasteiger partial charge in [0.15, 0.2) is 0 Å². The standard InChI is InChI=1S/C12H15N3O3/c1-14-11(8-18-2)5-9-3-4-12(15(16)17)6-10(9)7-13/h3-4,6,11,14H,5,8H2,1-2H3. The Bertz CT molecular complexity index is 468. The Morgan fingerprint density at radius 2 is 2.33 bits per heavy atom. The Hall–Kier alpha value is -1.97. The number of rotatable bonds is 6. The second kappa shape index (κ2) is 6.69. The van der Waals surface area contributed by atoms with Crippen LogP contribution in [0.1, 0.15) is 11.1 Å². The van der Waals surface area contributed by atoms with Crippen LogP contribution in [0.2, 0.25) is 0 Å². The first-order valence-electron chi connectivity index (χ1n) is 5.46. The highest BCUT2D eigenvalue weighted by Crippen LogP contribution is 2.18. The zero-order valence-electron chi connectivity index (χ0n) is 10.3.